The summed E-state index contributed by atoms with van der Waals surface area (Å²) in [5, 5.41) is 1.81. The molecule has 0 aliphatic heterocycles. The number of fused-ring (bicyclic) bond motifs is 3. The van der Waals surface area contributed by atoms with Gasteiger partial charge in [0.25, 0.3) is 5.56 Å². The molecule has 5 aromatic rings. The first-order valence-electron chi connectivity index (χ1n) is 9.53. The summed E-state index contributed by atoms with van der Waals surface area (Å²) in [6.07, 6.45) is 0. The molecule has 29 heavy (non-hydrogen) atoms. The summed E-state index contributed by atoms with van der Waals surface area (Å²) in [5.74, 6) is 0. The van der Waals surface area contributed by atoms with E-state index in [2.05, 4.69) is 24.0 Å². The number of hydrogen-bond donors (Lipinski definition) is 1. The number of rotatable bonds is 4. The van der Waals surface area contributed by atoms with Gasteiger partial charge in [-0.05, 0) is 30.7 Å². The van der Waals surface area contributed by atoms with E-state index in [0.717, 1.165) is 22.1 Å². The molecular weight excluding hydrogens is 378 g/mol. The van der Waals surface area contributed by atoms with E-state index in [-0.39, 0.29) is 10.8 Å². The number of nitrogens with one attached hydrogen (secondary N) is 1. The third kappa shape index (κ3) is 3.13. The minimum absolute atomic E-state index is 0.0832. The molecule has 0 aliphatic carbocycles. The molecule has 2 heterocycles. The summed E-state index contributed by atoms with van der Waals surface area (Å²) in [5.41, 5.74) is 4.11. The van der Waals surface area contributed by atoms with Crippen molar-refractivity contribution in [2.75, 3.05) is 0 Å². The largest absolute Gasteiger partial charge is 0.349 e. The van der Waals surface area contributed by atoms with Crippen LogP contribution >= 0.6 is 11.8 Å². The minimum atomic E-state index is -0.0832. The van der Waals surface area contributed by atoms with Crippen molar-refractivity contribution >= 4 is 33.7 Å². The Morgan fingerprint density at radius 2 is 1.55 bits per heavy atom. The lowest BCUT2D eigenvalue weighted by atomic mass is 10.2. The van der Waals surface area contributed by atoms with E-state index in [1.54, 1.807) is 16.3 Å². The second kappa shape index (κ2) is 7.26. The van der Waals surface area contributed by atoms with Gasteiger partial charge in [0.05, 0.1) is 5.69 Å². The fraction of sp³-hybridized carbons (Fsp3) is 0.0833. The van der Waals surface area contributed by atoms with Crippen LogP contribution in [0, 0.1) is 0 Å². The number of para-hydroxylation sites is 2. The molecule has 1 atom stereocenters. The Morgan fingerprint density at radius 1 is 0.897 bits per heavy atom. The van der Waals surface area contributed by atoms with Gasteiger partial charge in [0.15, 0.2) is 5.16 Å². The number of nitrogens with zero attached hydrogens (tertiary/aromatic N) is 2. The normalized spacial score (nSPS) is 12.4. The monoisotopic (exact) mass is 397 g/mol. The van der Waals surface area contributed by atoms with Crippen LogP contribution in [0.5, 0.6) is 0 Å². The molecule has 0 fully saturated rings. The van der Waals surface area contributed by atoms with Gasteiger partial charge in [-0.1, -0.05) is 78.5 Å². The van der Waals surface area contributed by atoms with Gasteiger partial charge in [-0.3, -0.25) is 9.36 Å². The molecule has 5 rings (SSSR count). The van der Waals surface area contributed by atoms with Crippen LogP contribution in [0.3, 0.4) is 0 Å². The van der Waals surface area contributed by atoms with Crippen molar-refractivity contribution in [1.82, 2.24) is 14.5 Å². The van der Waals surface area contributed by atoms with Gasteiger partial charge < -0.3 is 4.98 Å². The standard InChI is InChI=1S/C24H19N3OS/c1-16(17-10-4-2-5-11-17)29-24-26-21-19-14-8-9-15-20(19)25-22(21)23(28)27(24)18-12-6-3-7-13-18/h2-16,25H,1H3/t16-/m0/s1. The molecule has 0 amide bonds. The fourth-order valence-electron chi connectivity index (χ4n) is 3.58. The predicted molar refractivity (Wildman–Crippen MR) is 120 cm³/mol. The Hall–Kier alpha value is -3.31. The van der Waals surface area contributed by atoms with Crippen LogP contribution in [0.4, 0.5) is 0 Å². The zero-order chi connectivity index (χ0) is 19.8. The highest BCUT2D eigenvalue weighted by Crippen LogP contribution is 2.35. The number of aromatic nitrogens is 3. The van der Waals surface area contributed by atoms with Crippen molar-refractivity contribution in [3.63, 3.8) is 0 Å². The average molecular weight is 398 g/mol. The van der Waals surface area contributed by atoms with Crippen molar-refractivity contribution in [1.29, 1.82) is 0 Å². The second-order valence-corrected chi connectivity index (χ2v) is 8.24. The van der Waals surface area contributed by atoms with E-state index in [1.807, 2.05) is 72.8 Å². The topological polar surface area (TPSA) is 50.7 Å². The van der Waals surface area contributed by atoms with Crippen LogP contribution in [-0.4, -0.2) is 14.5 Å². The van der Waals surface area contributed by atoms with Gasteiger partial charge in [-0.25, -0.2) is 4.98 Å². The number of hydrogen-bond acceptors (Lipinski definition) is 3. The van der Waals surface area contributed by atoms with Crippen LogP contribution in [0.25, 0.3) is 27.6 Å². The number of H-pyrrole nitrogens is 1. The number of thioether (sulfide) groups is 1. The summed E-state index contributed by atoms with van der Waals surface area (Å²) in [6, 6.07) is 27.9. The Morgan fingerprint density at radius 3 is 2.31 bits per heavy atom. The van der Waals surface area contributed by atoms with Gasteiger partial charge >= 0.3 is 0 Å². The fourth-order valence-corrected chi connectivity index (χ4v) is 4.62. The number of aromatic amines is 1. The van der Waals surface area contributed by atoms with E-state index >= 15 is 0 Å². The molecular formula is C24H19N3OS. The summed E-state index contributed by atoms with van der Waals surface area (Å²) in [4.78, 5) is 21.7. The van der Waals surface area contributed by atoms with Crippen molar-refractivity contribution in [3.05, 3.63) is 101 Å². The van der Waals surface area contributed by atoms with Gasteiger partial charge in [-0.15, -0.1) is 0 Å². The van der Waals surface area contributed by atoms with E-state index in [4.69, 9.17) is 4.98 Å². The molecule has 0 spiro atoms. The van der Waals surface area contributed by atoms with E-state index in [1.165, 1.54) is 5.56 Å². The number of benzene rings is 3. The second-order valence-electron chi connectivity index (χ2n) is 6.94. The third-order valence-corrected chi connectivity index (χ3v) is 6.17. The SMILES string of the molecule is C[C@H](Sc1nc2c([nH]c3ccccc32)c(=O)n1-c1ccccc1)c1ccccc1. The first-order chi connectivity index (χ1) is 14.2. The van der Waals surface area contributed by atoms with Crippen LogP contribution in [0.2, 0.25) is 0 Å². The van der Waals surface area contributed by atoms with Crippen LogP contribution in [0.1, 0.15) is 17.7 Å². The smallest absolute Gasteiger partial charge is 0.283 e. The zero-order valence-electron chi connectivity index (χ0n) is 15.9. The minimum Gasteiger partial charge on any atom is -0.349 e. The van der Waals surface area contributed by atoms with Gasteiger partial charge in [0, 0.05) is 16.2 Å². The molecule has 3 aromatic carbocycles. The first kappa shape index (κ1) is 17.8. The highest BCUT2D eigenvalue weighted by atomic mass is 32.2. The van der Waals surface area contributed by atoms with Crippen LogP contribution in [-0.2, 0) is 0 Å². The molecule has 0 saturated carbocycles. The lowest BCUT2D eigenvalue weighted by Gasteiger charge is -2.16. The highest BCUT2D eigenvalue weighted by Gasteiger charge is 2.19. The molecule has 1 N–H and O–H groups in total. The average Bonchev–Trinajstić information content (AvgIpc) is 3.14. The molecule has 0 saturated heterocycles. The molecule has 0 aliphatic rings. The molecule has 2 aromatic heterocycles. The maximum Gasteiger partial charge on any atom is 0.283 e. The molecule has 4 nitrogen and oxygen atoms in total. The summed E-state index contributed by atoms with van der Waals surface area (Å²) < 4.78 is 1.71. The summed E-state index contributed by atoms with van der Waals surface area (Å²) in [7, 11) is 0. The Labute approximate surface area is 172 Å². The maximum atomic E-state index is 13.5. The van der Waals surface area contributed by atoms with Crippen molar-refractivity contribution in [2.24, 2.45) is 0 Å². The predicted octanol–water partition coefficient (Wildman–Crippen LogP) is 5.72. The quantitative estimate of drug-likeness (QED) is 0.312. The molecule has 142 valence electrons. The Kier molecular flexibility index (Phi) is 4.45. The van der Waals surface area contributed by atoms with Crippen molar-refractivity contribution in [3.8, 4) is 5.69 Å². The Balaban J connectivity index is 1.75. The third-order valence-electron chi connectivity index (χ3n) is 5.06. The first-order valence-corrected chi connectivity index (χ1v) is 10.4. The maximum absolute atomic E-state index is 13.5. The lowest BCUT2D eigenvalue weighted by Crippen LogP contribution is -2.22. The van der Waals surface area contributed by atoms with E-state index < -0.39 is 0 Å². The summed E-state index contributed by atoms with van der Waals surface area (Å²) in [6.45, 7) is 2.14. The van der Waals surface area contributed by atoms with Gasteiger partial charge in [0.1, 0.15) is 11.0 Å². The lowest BCUT2D eigenvalue weighted by molar-refractivity contribution is 0.814. The van der Waals surface area contributed by atoms with Gasteiger partial charge in [-0.2, -0.15) is 0 Å². The molecule has 0 radical (unpaired) electrons. The van der Waals surface area contributed by atoms with Crippen molar-refractivity contribution in [2.45, 2.75) is 17.3 Å². The summed E-state index contributed by atoms with van der Waals surface area (Å²) >= 11 is 1.60. The zero-order valence-corrected chi connectivity index (χ0v) is 16.7. The van der Waals surface area contributed by atoms with Crippen LogP contribution < -0.4 is 5.56 Å². The molecule has 0 bridgehead atoms. The van der Waals surface area contributed by atoms with E-state index in [9.17, 15) is 4.79 Å². The molecule has 0 unspecified atom stereocenters. The molecule has 5 heteroatoms. The van der Waals surface area contributed by atoms with E-state index in [0.29, 0.717) is 10.7 Å². The highest BCUT2D eigenvalue weighted by molar-refractivity contribution is 7.99. The Bertz CT molecular complexity index is 1360. The van der Waals surface area contributed by atoms with Crippen molar-refractivity contribution < 1.29 is 0 Å². The van der Waals surface area contributed by atoms with Gasteiger partial charge in [0.2, 0.25) is 0 Å². The van der Waals surface area contributed by atoms with Crippen LogP contribution in [0.15, 0.2) is 94.9 Å².